The van der Waals surface area contributed by atoms with E-state index in [9.17, 15) is 19.2 Å². The first-order valence-corrected chi connectivity index (χ1v) is 8.83. The lowest BCUT2D eigenvalue weighted by atomic mass is 10.1. The van der Waals surface area contributed by atoms with Gasteiger partial charge in [-0.25, -0.2) is 9.59 Å². The minimum absolute atomic E-state index is 0.0661. The second-order valence-electron chi connectivity index (χ2n) is 5.84. The van der Waals surface area contributed by atoms with E-state index in [1.54, 1.807) is 49.6 Å². The van der Waals surface area contributed by atoms with Crippen molar-refractivity contribution in [2.45, 2.75) is 0 Å². The predicted molar refractivity (Wildman–Crippen MR) is 110 cm³/mol. The minimum atomic E-state index is -0.822. The Hall–Kier alpha value is -4.14. The van der Waals surface area contributed by atoms with Crippen molar-refractivity contribution in [3.63, 3.8) is 0 Å². The topological polar surface area (TPSA) is 123 Å². The van der Waals surface area contributed by atoms with Gasteiger partial charge in [-0.3, -0.25) is 14.9 Å². The Balaban J connectivity index is 1.98. The van der Waals surface area contributed by atoms with Crippen LogP contribution in [-0.4, -0.2) is 44.6 Å². The number of rotatable bonds is 7. The Morgan fingerprint density at radius 3 is 2.37 bits per heavy atom. The number of esters is 1. The Kier molecular flexibility index (Phi) is 8.13. The van der Waals surface area contributed by atoms with E-state index in [4.69, 9.17) is 9.47 Å². The second kappa shape index (κ2) is 11.0. The summed E-state index contributed by atoms with van der Waals surface area (Å²) in [6.07, 6.45) is 2.93. The smallest absolute Gasteiger partial charge is 0.340 e. The van der Waals surface area contributed by atoms with Crippen molar-refractivity contribution in [2.24, 2.45) is 0 Å². The average Bonchev–Trinajstić information content (AvgIpc) is 2.76. The van der Waals surface area contributed by atoms with Gasteiger partial charge in [-0.2, -0.15) is 0 Å². The van der Waals surface area contributed by atoms with Crippen LogP contribution in [0, 0.1) is 0 Å². The summed E-state index contributed by atoms with van der Waals surface area (Å²) in [5, 5.41) is 6.77. The molecule has 4 amide bonds. The number of benzene rings is 2. The van der Waals surface area contributed by atoms with Gasteiger partial charge in [-0.05, 0) is 35.9 Å². The maximum Gasteiger partial charge on any atom is 0.340 e. The number of hydrogen-bond acceptors (Lipinski definition) is 6. The van der Waals surface area contributed by atoms with E-state index in [-0.39, 0.29) is 11.3 Å². The SMILES string of the molecule is CNC(=O)NC(=O)COC(=O)c1ccccc1NC(=O)/C=C/c1ccc(OC)cc1. The Labute approximate surface area is 173 Å². The van der Waals surface area contributed by atoms with Crippen molar-refractivity contribution in [1.29, 1.82) is 0 Å². The Morgan fingerprint density at radius 2 is 1.70 bits per heavy atom. The zero-order valence-electron chi connectivity index (χ0n) is 16.4. The van der Waals surface area contributed by atoms with E-state index < -0.39 is 30.4 Å². The molecule has 0 unspecified atom stereocenters. The van der Waals surface area contributed by atoms with Gasteiger partial charge < -0.3 is 20.1 Å². The zero-order chi connectivity index (χ0) is 21.9. The number of methoxy groups -OCH3 is 1. The predicted octanol–water partition coefficient (Wildman–Crippen LogP) is 1.96. The average molecular weight is 411 g/mol. The van der Waals surface area contributed by atoms with Crippen LogP contribution in [0.2, 0.25) is 0 Å². The third-order valence-electron chi connectivity index (χ3n) is 3.76. The number of carbonyl (C=O) groups excluding carboxylic acids is 4. The molecule has 0 saturated carbocycles. The van der Waals surface area contributed by atoms with Crippen LogP contribution in [-0.2, 0) is 14.3 Å². The molecule has 0 fully saturated rings. The molecular formula is C21H21N3O6. The summed E-state index contributed by atoms with van der Waals surface area (Å²) in [6, 6.07) is 12.6. The number of amides is 4. The van der Waals surface area contributed by atoms with Crippen molar-refractivity contribution in [2.75, 3.05) is 26.1 Å². The van der Waals surface area contributed by atoms with E-state index in [2.05, 4.69) is 10.6 Å². The lowest BCUT2D eigenvalue weighted by Crippen LogP contribution is -2.39. The van der Waals surface area contributed by atoms with E-state index in [1.165, 1.54) is 25.3 Å². The van der Waals surface area contributed by atoms with E-state index in [0.717, 1.165) is 5.56 Å². The highest BCUT2D eigenvalue weighted by molar-refractivity contribution is 6.06. The molecule has 0 aliphatic rings. The number of carbonyl (C=O) groups is 4. The third kappa shape index (κ3) is 6.79. The van der Waals surface area contributed by atoms with Gasteiger partial charge in [0.1, 0.15) is 5.75 Å². The summed E-state index contributed by atoms with van der Waals surface area (Å²) >= 11 is 0. The lowest BCUT2D eigenvalue weighted by Gasteiger charge is -2.10. The fraction of sp³-hybridized carbons (Fsp3) is 0.143. The van der Waals surface area contributed by atoms with Gasteiger partial charge in [0.05, 0.1) is 18.4 Å². The van der Waals surface area contributed by atoms with Crippen LogP contribution < -0.4 is 20.7 Å². The number of urea groups is 1. The summed E-state index contributed by atoms with van der Waals surface area (Å²) < 4.78 is 9.97. The number of hydrogen-bond donors (Lipinski definition) is 3. The van der Waals surface area contributed by atoms with Gasteiger partial charge in [0.15, 0.2) is 6.61 Å². The molecule has 0 atom stereocenters. The number of ether oxygens (including phenoxy) is 2. The fourth-order valence-electron chi connectivity index (χ4n) is 2.27. The largest absolute Gasteiger partial charge is 0.497 e. The summed E-state index contributed by atoms with van der Waals surface area (Å²) in [7, 11) is 2.91. The van der Waals surface area contributed by atoms with Crippen LogP contribution >= 0.6 is 0 Å². The maximum absolute atomic E-state index is 12.3. The molecule has 30 heavy (non-hydrogen) atoms. The monoisotopic (exact) mass is 411 g/mol. The zero-order valence-corrected chi connectivity index (χ0v) is 16.4. The van der Waals surface area contributed by atoms with E-state index in [1.807, 2.05) is 5.32 Å². The Morgan fingerprint density at radius 1 is 1.00 bits per heavy atom. The molecule has 0 aliphatic carbocycles. The highest BCUT2D eigenvalue weighted by Crippen LogP contribution is 2.17. The molecule has 2 rings (SSSR count). The van der Waals surface area contributed by atoms with E-state index in [0.29, 0.717) is 5.75 Å². The van der Waals surface area contributed by atoms with E-state index >= 15 is 0 Å². The molecule has 0 spiro atoms. The molecule has 0 heterocycles. The molecule has 2 aromatic rings. The summed E-state index contributed by atoms with van der Waals surface area (Å²) in [4.78, 5) is 47.1. The first-order valence-electron chi connectivity index (χ1n) is 8.83. The van der Waals surface area contributed by atoms with Crippen molar-refractivity contribution in [1.82, 2.24) is 10.6 Å². The van der Waals surface area contributed by atoms with Gasteiger partial charge >= 0.3 is 12.0 Å². The van der Waals surface area contributed by atoms with Crippen molar-refractivity contribution < 1.29 is 28.7 Å². The highest BCUT2D eigenvalue weighted by Gasteiger charge is 2.16. The first-order chi connectivity index (χ1) is 14.4. The molecule has 9 heteroatoms. The number of imide groups is 1. The molecule has 9 nitrogen and oxygen atoms in total. The third-order valence-corrected chi connectivity index (χ3v) is 3.76. The molecule has 0 saturated heterocycles. The number of anilines is 1. The van der Waals surface area contributed by atoms with Crippen molar-refractivity contribution in [3.8, 4) is 5.75 Å². The quantitative estimate of drug-likeness (QED) is 0.473. The fourth-order valence-corrected chi connectivity index (χ4v) is 2.27. The van der Waals surface area contributed by atoms with Crippen LogP contribution in [0.4, 0.5) is 10.5 Å². The molecule has 0 bridgehead atoms. The van der Waals surface area contributed by atoms with Crippen LogP contribution in [0.1, 0.15) is 15.9 Å². The van der Waals surface area contributed by atoms with Gasteiger partial charge in [0, 0.05) is 13.1 Å². The van der Waals surface area contributed by atoms with Crippen molar-refractivity contribution in [3.05, 3.63) is 65.7 Å². The molecule has 0 aliphatic heterocycles. The van der Waals surface area contributed by atoms with Gasteiger partial charge in [-0.15, -0.1) is 0 Å². The van der Waals surface area contributed by atoms with Crippen LogP contribution in [0.25, 0.3) is 6.08 Å². The number of nitrogens with one attached hydrogen (secondary N) is 3. The van der Waals surface area contributed by atoms with Crippen LogP contribution in [0.5, 0.6) is 5.75 Å². The van der Waals surface area contributed by atoms with Crippen LogP contribution in [0.15, 0.2) is 54.6 Å². The molecule has 2 aromatic carbocycles. The molecule has 156 valence electrons. The standard InChI is InChI=1S/C21H21N3O6/c1-22-21(28)24-19(26)13-30-20(27)16-5-3-4-6-17(16)23-18(25)12-9-14-7-10-15(29-2)11-8-14/h3-12H,13H2,1-2H3,(H,23,25)(H2,22,24,26,28)/b12-9+. The normalized spacial score (nSPS) is 10.2. The van der Waals surface area contributed by atoms with Gasteiger partial charge in [0.2, 0.25) is 5.91 Å². The maximum atomic E-state index is 12.3. The summed E-state index contributed by atoms with van der Waals surface area (Å²) in [5.74, 6) is -1.36. The lowest BCUT2D eigenvalue weighted by molar-refractivity contribution is -0.123. The van der Waals surface area contributed by atoms with Crippen LogP contribution in [0.3, 0.4) is 0 Å². The summed E-state index contributed by atoms with van der Waals surface area (Å²) in [6.45, 7) is -0.647. The molecule has 0 aromatic heterocycles. The molecule has 0 radical (unpaired) electrons. The molecule has 3 N–H and O–H groups in total. The minimum Gasteiger partial charge on any atom is -0.497 e. The molecular weight excluding hydrogens is 390 g/mol. The van der Waals surface area contributed by atoms with Crippen molar-refractivity contribution >= 4 is 35.6 Å². The van der Waals surface area contributed by atoms with Gasteiger partial charge in [0.25, 0.3) is 5.91 Å². The highest BCUT2D eigenvalue weighted by atomic mass is 16.5. The Bertz CT molecular complexity index is 953. The first kappa shape index (κ1) is 22.2. The van der Waals surface area contributed by atoms with Gasteiger partial charge in [-0.1, -0.05) is 24.3 Å². The number of para-hydroxylation sites is 1. The second-order valence-corrected chi connectivity index (χ2v) is 5.84. The summed E-state index contributed by atoms with van der Waals surface area (Å²) in [5.41, 5.74) is 1.08.